The molecule has 1 aliphatic rings. The summed E-state index contributed by atoms with van der Waals surface area (Å²) in [6, 6.07) is 5.34. The van der Waals surface area contributed by atoms with Crippen LogP contribution in [0.25, 0.3) is 0 Å². The van der Waals surface area contributed by atoms with Gasteiger partial charge >= 0.3 is 0 Å². The molecule has 1 aromatic carbocycles. The summed E-state index contributed by atoms with van der Waals surface area (Å²) in [5.41, 5.74) is 1.44. The number of nitrogens with one attached hydrogen (secondary N) is 1. The highest BCUT2D eigenvalue weighted by Crippen LogP contribution is 2.51. The molecule has 0 amide bonds. The van der Waals surface area contributed by atoms with E-state index in [2.05, 4.69) is 26.1 Å². The predicted octanol–water partition coefficient (Wildman–Crippen LogP) is 3.92. The smallest absolute Gasteiger partial charge is 0.165 e. The fourth-order valence-electron chi connectivity index (χ4n) is 2.54. The zero-order valence-electron chi connectivity index (χ0n) is 12.3. The first-order valence-electron chi connectivity index (χ1n) is 7.05. The molecule has 0 spiro atoms. The van der Waals surface area contributed by atoms with Gasteiger partial charge in [-0.2, -0.15) is 0 Å². The largest absolute Gasteiger partial charge is 0.494 e. The van der Waals surface area contributed by atoms with Gasteiger partial charge in [-0.25, -0.2) is 4.39 Å². The number of hydrogen-bond donors (Lipinski definition) is 1. The third kappa shape index (κ3) is 3.08. The predicted molar refractivity (Wildman–Crippen MR) is 75.9 cm³/mol. The molecule has 2 nitrogen and oxygen atoms in total. The second-order valence-corrected chi connectivity index (χ2v) is 6.01. The topological polar surface area (TPSA) is 21.3 Å². The molecule has 2 rings (SSSR count). The van der Waals surface area contributed by atoms with Crippen molar-refractivity contribution in [2.45, 2.75) is 39.7 Å². The molecule has 1 aromatic rings. The molecule has 0 heterocycles. The Labute approximate surface area is 115 Å². The van der Waals surface area contributed by atoms with Crippen molar-refractivity contribution in [1.29, 1.82) is 0 Å². The molecule has 0 radical (unpaired) electrons. The Morgan fingerprint density at radius 1 is 1.32 bits per heavy atom. The number of hydrogen-bond acceptors (Lipinski definition) is 2. The van der Waals surface area contributed by atoms with Crippen molar-refractivity contribution in [3.05, 3.63) is 29.6 Å². The molecule has 0 bridgehead atoms. The van der Waals surface area contributed by atoms with E-state index in [0.29, 0.717) is 17.1 Å². The maximum absolute atomic E-state index is 13.7. The molecule has 1 fully saturated rings. The maximum Gasteiger partial charge on any atom is 0.165 e. The lowest BCUT2D eigenvalue weighted by Crippen LogP contribution is -2.29. The molecule has 0 saturated heterocycles. The number of methoxy groups -OCH3 is 1. The third-order valence-corrected chi connectivity index (χ3v) is 4.55. The van der Waals surface area contributed by atoms with Gasteiger partial charge in [-0.05, 0) is 48.8 Å². The highest BCUT2D eigenvalue weighted by Gasteiger charge is 2.44. The molecule has 0 aliphatic heterocycles. The molecule has 1 saturated carbocycles. The first kappa shape index (κ1) is 14.3. The lowest BCUT2D eigenvalue weighted by molar-refractivity contribution is 0.324. The normalized spacial score (nSPS) is 18.4. The van der Waals surface area contributed by atoms with Gasteiger partial charge in [-0.1, -0.05) is 19.9 Å². The van der Waals surface area contributed by atoms with Crippen molar-refractivity contribution in [3.8, 4) is 5.75 Å². The van der Waals surface area contributed by atoms with E-state index in [1.165, 1.54) is 20.0 Å². The number of benzene rings is 1. The van der Waals surface area contributed by atoms with Gasteiger partial charge in [0.15, 0.2) is 11.6 Å². The van der Waals surface area contributed by atoms with Gasteiger partial charge in [-0.15, -0.1) is 0 Å². The van der Waals surface area contributed by atoms with E-state index in [1.807, 2.05) is 6.07 Å². The van der Waals surface area contributed by atoms with E-state index in [0.717, 1.165) is 12.1 Å². The molecule has 1 atom stereocenters. The minimum atomic E-state index is -0.293. The Kier molecular flexibility index (Phi) is 4.14. The summed E-state index contributed by atoms with van der Waals surface area (Å²) in [6.07, 6.45) is 2.61. The van der Waals surface area contributed by atoms with Crippen LogP contribution in [0.3, 0.4) is 0 Å². The van der Waals surface area contributed by atoms with E-state index >= 15 is 0 Å². The Balaban J connectivity index is 1.96. The summed E-state index contributed by atoms with van der Waals surface area (Å²) in [7, 11) is 1.49. The van der Waals surface area contributed by atoms with Crippen LogP contribution in [0.2, 0.25) is 0 Å². The minimum absolute atomic E-state index is 0.164. The maximum atomic E-state index is 13.7. The highest BCUT2D eigenvalue weighted by atomic mass is 19.1. The quantitative estimate of drug-likeness (QED) is 0.841. The summed E-state index contributed by atoms with van der Waals surface area (Å²) in [4.78, 5) is 0. The van der Waals surface area contributed by atoms with Gasteiger partial charge in [0.25, 0.3) is 0 Å². The fraction of sp³-hybridized carbons (Fsp3) is 0.625. The van der Waals surface area contributed by atoms with E-state index in [4.69, 9.17) is 4.74 Å². The van der Waals surface area contributed by atoms with Crippen molar-refractivity contribution < 1.29 is 9.13 Å². The average molecular weight is 265 g/mol. The summed E-state index contributed by atoms with van der Waals surface area (Å²) in [5, 5.41) is 3.54. The molecular formula is C16H24FNO. The molecule has 3 heteroatoms. The molecule has 19 heavy (non-hydrogen) atoms. The van der Waals surface area contributed by atoms with Crippen molar-refractivity contribution in [3.63, 3.8) is 0 Å². The van der Waals surface area contributed by atoms with Gasteiger partial charge in [0.05, 0.1) is 7.11 Å². The molecule has 0 aromatic heterocycles. The van der Waals surface area contributed by atoms with Crippen LogP contribution in [0.15, 0.2) is 18.2 Å². The highest BCUT2D eigenvalue weighted by molar-refractivity contribution is 5.30. The average Bonchev–Trinajstić information content (AvgIpc) is 3.17. The SMILES string of the molecule is COc1ccc(C(C)NCC2(C(C)C)CC2)cc1F. The van der Waals surface area contributed by atoms with Crippen LogP contribution in [0.4, 0.5) is 4.39 Å². The second kappa shape index (κ2) is 5.49. The molecular weight excluding hydrogens is 241 g/mol. The Hall–Kier alpha value is -1.09. The number of rotatable bonds is 6. The molecule has 1 aliphatic carbocycles. The van der Waals surface area contributed by atoms with Crippen LogP contribution < -0.4 is 10.1 Å². The standard InChI is InChI=1S/C16H24FNO/c1-11(2)16(7-8-16)10-18-12(3)13-5-6-15(19-4)14(17)9-13/h5-6,9,11-12,18H,7-8,10H2,1-4H3. The Bertz CT molecular complexity index is 440. The zero-order valence-corrected chi connectivity index (χ0v) is 12.3. The molecule has 1 unspecified atom stereocenters. The third-order valence-electron chi connectivity index (χ3n) is 4.55. The van der Waals surface area contributed by atoms with Gasteiger partial charge in [0.2, 0.25) is 0 Å². The van der Waals surface area contributed by atoms with E-state index in [1.54, 1.807) is 12.1 Å². The van der Waals surface area contributed by atoms with Crippen molar-refractivity contribution in [1.82, 2.24) is 5.32 Å². The van der Waals surface area contributed by atoms with E-state index in [-0.39, 0.29) is 11.9 Å². The van der Waals surface area contributed by atoms with Gasteiger partial charge in [0.1, 0.15) is 0 Å². The van der Waals surface area contributed by atoms with Crippen LogP contribution >= 0.6 is 0 Å². The second-order valence-electron chi connectivity index (χ2n) is 6.01. The van der Waals surface area contributed by atoms with E-state index < -0.39 is 0 Å². The Morgan fingerprint density at radius 3 is 2.47 bits per heavy atom. The fourth-order valence-corrected chi connectivity index (χ4v) is 2.54. The number of ether oxygens (including phenoxy) is 1. The van der Waals surface area contributed by atoms with Crippen LogP contribution in [0, 0.1) is 17.2 Å². The lowest BCUT2D eigenvalue weighted by Gasteiger charge is -2.23. The van der Waals surface area contributed by atoms with Crippen molar-refractivity contribution in [2.75, 3.05) is 13.7 Å². The van der Waals surface area contributed by atoms with E-state index in [9.17, 15) is 4.39 Å². The van der Waals surface area contributed by atoms with Crippen LogP contribution in [0.5, 0.6) is 5.75 Å². The molecule has 1 N–H and O–H groups in total. The van der Waals surface area contributed by atoms with Crippen LogP contribution in [-0.2, 0) is 0 Å². The van der Waals surface area contributed by atoms with Crippen LogP contribution in [0.1, 0.15) is 45.2 Å². The van der Waals surface area contributed by atoms with Crippen LogP contribution in [-0.4, -0.2) is 13.7 Å². The minimum Gasteiger partial charge on any atom is -0.494 e. The summed E-state index contributed by atoms with van der Waals surface area (Å²) in [6.45, 7) is 7.66. The van der Waals surface area contributed by atoms with Gasteiger partial charge in [0, 0.05) is 12.6 Å². The first-order valence-corrected chi connectivity index (χ1v) is 7.05. The van der Waals surface area contributed by atoms with Gasteiger partial charge < -0.3 is 10.1 Å². The molecule has 106 valence electrons. The monoisotopic (exact) mass is 265 g/mol. The Morgan fingerprint density at radius 2 is 2.00 bits per heavy atom. The lowest BCUT2D eigenvalue weighted by atomic mass is 9.92. The van der Waals surface area contributed by atoms with Crippen molar-refractivity contribution >= 4 is 0 Å². The number of halogens is 1. The zero-order chi connectivity index (χ0) is 14.0. The first-order chi connectivity index (χ1) is 8.98. The van der Waals surface area contributed by atoms with Crippen molar-refractivity contribution in [2.24, 2.45) is 11.3 Å². The summed E-state index contributed by atoms with van der Waals surface area (Å²) in [5.74, 6) is 0.718. The van der Waals surface area contributed by atoms with Gasteiger partial charge in [-0.3, -0.25) is 0 Å². The summed E-state index contributed by atoms with van der Waals surface area (Å²) >= 11 is 0. The summed E-state index contributed by atoms with van der Waals surface area (Å²) < 4.78 is 18.6.